The second-order valence-electron chi connectivity index (χ2n) is 6.48. The van der Waals surface area contributed by atoms with Crippen molar-refractivity contribution in [3.63, 3.8) is 0 Å². The summed E-state index contributed by atoms with van der Waals surface area (Å²) in [5.74, 6) is 0.102. The second kappa shape index (κ2) is 8.52. The van der Waals surface area contributed by atoms with E-state index in [4.69, 9.17) is 14.2 Å². The van der Waals surface area contributed by atoms with E-state index in [1.807, 2.05) is 0 Å². The summed E-state index contributed by atoms with van der Waals surface area (Å²) in [7, 11) is -1.80. The molecule has 0 N–H and O–H groups in total. The van der Waals surface area contributed by atoms with Crippen LogP contribution < -0.4 is 13.8 Å². The lowest BCUT2D eigenvalue weighted by Gasteiger charge is -2.16. The zero-order valence-corrected chi connectivity index (χ0v) is 16.9. The molecule has 1 aliphatic heterocycles. The summed E-state index contributed by atoms with van der Waals surface area (Å²) >= 11 is 0. The quantitative estimate of drug-likeness (QED) is 0.475. The molecule has 1 aliphatic rings. The SMILES string of the molecule is COc1ccc(OCC(=O)OCC(=O)c2ccc3c(c2)CCN3S(C)(=O)=O)cc1. The number of anilines is 1. The first-order valence-electron chi connectivity index (χ1n) is 8.84. The van der Waals surface area contributed by atoms with Gasteiger partial charge in [-0.15, -0.1) is 0 Å². The van der Waals surface area contributed by atoms with Crippen LogP contribution in [0.15, 0.2) is 42.5 Å². The van der Waals surface area contributed by atoms with Crippen LogP contribution >= 0.6 is 0 Å². The highest BCUT2D eigenvalue weighted by Crippen LogP contribution is 2.30. The van der Waals surface area contributed by atoms with Crippen molar-refractivity contribution in [2.24, 2.45) is 0 Å². The summed E-state index contributed by atoms with van der Waals surface area (Å²) < 4.78 is 40.2. The van der Waals surface area contributed by atoms with Crippen LogP contribution in [0.5, 0.6) is 11.5 Å². The number of sulfonamides is 1. The number of methoxy groups -OCH3 is 1. The predicted molar refractivity (Wildman–Crippen MR) is 106 cm³/mol. The van der Waals surface area contributed by atoms with E-state index in [-0.39, 0.29) is 12.4 Å². The van der Waals surface area contributed by atoms with Gasteiger partial charge in [0, 0.05) is 12.1 Å². The van der Waals surface area contributed by atoms with Gasteiger partial charge < -0.3 is 14.2 Å². The molecule has 0 amide bonds. The van der Waals surface area contributed by atoms with E-state index in [0.29, 0.717) is 35.7 Å². The summed E-state index contributed by atoms with van der Waals surface area (Å²) in [6.07, 6.45) is 1.67. The molecule has 0 spiro atoms. The zero-order chi connectivity index (χ0) is 21.0. The molecule has 0 radical (unpaired) electrons. The van der Waals surface area contributed by atoms with Gasteiger partial charge in [0.2, 0.25) is 10.0 Å². The maximum absolute atomic E-state index is 12.3. The van der Waals surface area contributed by atoms with Crippen LogP contribution in [-0.4, -0.2) is 53.3 Å². The van der Waals surface area contributed by atoms with Gasteiger partial charge in [0.15, 0.2) is 19.0 Å². The number of hydrogen-bond acceptors (Lipinski definition) is 7. The Labute approximate surface area is 169 Å². The van der Waals surface area contributed by atoms with Crippen LogP contribution in [0.2, 0.25) is 0 Å². The number of carbonyl (C=O) groups excluding carboxylic acids is 2. The molecule has 0 bridgehead atoms. The molecule has 2 aromatic rings. The first-order valence-corrected chi connectivity index (χ1v) is 10.7. The molecular weight excluding hydrogens is 398 g/mol. The molecule has 0 atom stereocenters. The van der Waals surface area contributed by atoms with Crippen molar-refractivity contribution in [1.82, 2.24) is 0 Å². The van der Waals surface area contributed by atoms with E-state index in [2.05, 4.69) is 0 Å². The van der Waals surface area contributed by atoms with Crippen molar-refractivity contribution in [2.75, 3.05) is 37.4 Å². The minimum atomic E-state index is -3.35. The first-order chi connectivity index (χ1) is 13.8. The number of ether oxygens (including phenoxy) is 3. The highest BCUT2D eigenvalue weighted by molar-refractivity contribution is 7.92. The molecule has 9 heteroatoms. The molecule has 29 heavy (non-hydrogen) atoms. The van der Waals surface area contributed by atoms with Crippen molar-refractivity contribution in [1.29, 1.82) is 0 Å². The monoisotopic (exact) mass is 419 g/mol. The van der Waals surface area contributed by atoms with Gasteiger partial charge >= 0.3 is 5.97 Å². The number of fused-ring (bicyclic) bond motifs is 1. The molecular formula is C20H21NO7S. The first kappa shape index (κ1) is 20.7. The number of esters is 1. The third kappa shape index (κ3) is 5.05. The van der Waals surface area contributed by atoms with E-state index < -0.39 is 22.6 Å². The molecule has 0 saturated carbocycles. The van der Waals surface area contributed by atoms with E-state index in [1.54, 1.807) is 43.5 Å². The van der Waals surface area contributed by atoms with Gasteiger partial charge in [0.25, 0.3) is 0 Å². The minimum Gasteiger partial charge on any atom is -0.497 e. The van der Waals surface area contributed by atoms with Crippen molar-refractivity contribution in [3.8, 4) is 11.5 Å². The molecule has 8 nitrogen and oxygen atoms in total. The van der Waals surface area contributed by atoms with Gasteiger partial charge in [-0.3, -0.25) is 9.10 Å². The number of nitrogens with zero attached hydrogens (tertiary/aromatic N) is 1. The van der Waals surface area contributed by atoms with Crippen LogP contribution in [0.4, 0.5) is 5.69 Å². The second-order valence-corrected chi connectivity index (χ2v) is 8.38. The fourth-order valence-electron chi connectivity index (χ4n) is 2.97. The maximum atomic E-state index is 12.3. The van der Waals surface area contributed by atoms with Crippen LogP contribution in [0, 0.1) is 0 Å². The van der Waals surface area contributed by atoms with Crippen molar-refractivity contribution >= 4 is 27.5 Å². The summed E-state index contributed by atoms with van der Waals surface area (Å²) in [6, 6.07) is 11.5. The molecule has 154 valence electrons. The topological polar surface area (TPSA) is 99.2 Å². The average Bonchev–Trinajstić information content (AvgIpc) is 3.14. The molecule has 0 saturated heterocycles. The van der Waals surface area contributed by atoms with Crippen molar-refractivity contribution < 1.29 is 32.2 Å². The van der Waals surface area contributed by atoms with Crippen LogP contribution in [0.1, 0.15) is 15.9 Å². The van der Waals surface area contributed by atoms with Gasteiger partial charge in [-0.1, -0.05) is 0 Å². The Morgan fingerprint density at radius 1 is 1.03 bits per heavy atom. The van der Waals surface area contributed by atoms with Gasteiger partial charge in [-0.2, -0.15) is 0 Å². The van der Waals surface area contributed by atoms with E-state index in [9.17, 15) is 18.0 Å². The van der Waals surface area contributed by atoms with Gasteiger partial charge in [0.05, 0.1) is 19.1 Å². The highest BCUT2D eigenvalue weighted by Gasteiger charge is 2.26. The highest BCUT2D eigenvalue weighted by atomic mass is 32.2. The van der Waals surface area contributed by atoms with Crippen LogP contribution in [0.3, 0.4) is 0 Å². The number of rotatable bonds is 8. The molecule has 0 aliphatic carbocycles. The van der Waals surface area contributed by atoms with Crippen LogP contribution in [-0.2, 0) is 26.0 Å². The Bertz CT molecular complexity index is 1020. The van der Waals surface area contributed by atoms with E-state index in [1.165, 1.54) is 10.4 Å². The van der Waals surface area contributed by atoms with E-state index >= 15 is 0 Å². The summed E-state index contributed by atoms with van der Waals surface area (Å²) in [6.45, 7) is -0.393. The van der Waals surface area contributed by atoms with Gasteiger partial charge in [-0.25, -0.2) is 13.2 Å². The lowest BCUT2D eigenvalue weighted by molar-refractivity contribution is -0.144. The fraction of sp³-hybridized carbons (Fsp3) is 0.300. The summed E-state index contributed by atoms with van der Waals surface area (Å²) in [5, 5.41) is 0. The molecule has 0 unspecified atom stereocenters. The lowest BCUT2D eigenvalue weighted by Crippen LogP contribution is -2.27. The standard InChI is InChI=1S/C20H21NO7S/c1-26-16-4-6-17(7-5-16)27-13-20(23)28-12-19(22)15-3-8-18-14(11-15)9-10-21(18)29(2,24)25/h3-8,11H,9-10,12-13H2,1-2H3. The van der Waals surface area contributed by atoms with Crippen LogP contribution in [0.25, 0.3) is 0 Å². The Morgan fingerprint density at radius 3 is 2.38 bits per heavy atom. The minimum absolute atomic E-state index is 0.326. The number of ketones is 1. The lowest BCUT2D eigenvalue weighted by atomic mass is 10.1. The fourth-order valence-corrected chi connectivity index (χ4v) is 3.93. The maximum Gasteiger partial charge on any atom is 0.344 e. The molecule has 0 aromatic heterocycles. The van der Waals surface area contributed by atoms with Gasteiger partial charge in [0.1, 0.15) is 11.5 Å². The molecule has 1 heterocycles. The smallest absolute Gasteiger partial charge is 0.344 e. The Hall–Kier alpha value is -3.07. The number of hydrogen-bond donors (Lipinski definition) is 0. The number of benzene rings is 2. The Morgan fingerprint density at radius 2 is 1.72 bits per heavy atom. The molecule has 2 aromatic carbocycles. The number of Topliss-reactive ketones (excluding diaryl/α,β-unsaturated/α-hetero) is 1. The predicted octanol–water partition coefficient (Wildman–Crippen LogP) is 1.82. The molecule has 3 rings (SSSR count). The normalized spacial score (nSPS) is 13.0. The van der Waals surface area contributed by atoms with Crippen molar-refractivity contribution in [2.45, 2.75) is 6.42 Å². The van der Waals surface area contributed by atoms with Gasteiger partial charge in [-0.05, 0) is 54.4 Å². The van der Waals surface area contributed by atoms with Crippen molar-refractivity contribution in [3.05, 3.63) is 53.6 Å². The third-order valence-corrected chi connectivity index (χ3v) is 5.62. The molecule has 0 fully saturated rings. The average molecular weight is 419 g/mol. The third-order valence-electron chi connectivity index (χ3n) is 4.44. The Kier molecular flexibility index (Phi) is 6.07. The Balaban J connectivity index is 1.52. The summed E-state index contributed by atoms with van der Waals surface area (Å²) in [4.78, 5) is 24.1. The summed E-state index contributed by atoms with van der Waals surface area (Å²) in [5.41, 5.74) is 1.72. The largest absolute Gasteiger partial charge is 0.497 e. The zero-order valence-electron chi connectivity index (χ0n) is 16.1. The van der Waals surface area contributed by atoms with E-state index in [0.717, 1.165) is 11.8 Å². The number of carbonyl (C=O) groups is 2.